The van der Waals surface area contributed by atoms with Crippen molar-refractivity contribution in [1.82, 2.24) is 0 Å². The first-order chi connectivity index (χ1) is 9.65. The maximum Gasteiger partial charge on any atom is 0.330 e. The highest BCUT2D eigenvalue weighted by Crippen LogP contribution is 2.17. The molecule has 2 N–H and O–H groups in total. The Labute approximate surface area is 126 Å². The molecule has 0 amide bonds. The lowest BCUT2D eigenvalue weighted by Crippen LogP contribution is -2.07. The van der Waals surface area contributed by atoms with Gasteiger partial charge in [-0.1, -0.05) is 44.7 Å². The molecule has 0 heterocycles. The number of carboxylic acid groups (broad SMARTS) is 2. The molecule has 0 fully saturated rings. The van der Waals surface area contributed by atoms with E-state index in [-0.39, 0.29) is 5.57 Å². The molecule has 0 aromatic heterocycles. The minimum atomic E-state index is -0.935. The molecule has 4 heteroatoms. The van der Waals surface area contributed by atoms with E-state index in [0.29, 0.717) is 5.92 Å². The van der Waals surface area contributed by atoms with Gasteiger partial charge in [0.2, 0.25) is 0 Å². The van der Waals surface area contributed by atoms with E-state index in [1.54, 1.807) is 6.92 Å². The summed E-state index contributed by atoms with van der Waals surface area (Å²) < 4.78 is 0. The van der Waals surface area contributed by atoms with Crippen LogP contribution in [0.25, 0.3) is 0 Å². The fourth-order valence-electron chi connectivity index (χ4n) is 1.56. The molecule has 0 saturated carbocycles. The summed E-state index contributed by atoms with van der Waals surface area (Å²) in [7, 11) is 0. The van der Waals surface area contributed by atoms with Crippen molar-refractivity contribution in [3.8, 4) is 0 Å². The molecule has 1 atom stereocenters. The van der Waals surface area contributed by atoms with Crippen molar-refractivity contribution in [2.24, 2.45) is 5.92 Å². The molecule has 4 nitrogen and oxygen atoms in total. The second-order valence-electron chi connectivity index (χ2n) is 5.48. The van der Waals surface area contributed by atoms with Crippen LogP contribution in [0, 0.1) is 5.92 Å². The number of carbonyl (C=O) groups is 2. The van der Waals surface area contributed by atoms with E-state index in [0.717, 1.165) is 12.0 Å². The zero-order valence-corrected chi connectivity index (χ0v) is 13.1. The summed E-state index contributed by atoms with van der Waals surface area (Å²) >= 11 is 0. The third-order valence-corrected chi connectivity index (χ3v) is 2.86. The van der Waals surface area contributed by atoms with Gasteiger partial charge >= 0.3 is 11.9 Å². The number of benzene rings is 1. The quantitative estimate of drug-likeness (QED) is 0.811. The molecule has 21 heavy (non-hydrogen) atoms. The molecule has 0 radical (unpaired) electrons. The second kappa shape index (κ2) is 8.95. The van der Waals surface area contributed by atoms with Crippen LogP contribution in [-0.4, -0.2) is 22.2 Å². The van der Waals surface area contributed by atoms with Gasteiger partial charge in [-0.15, -0.1) is 0 Å². The Morgan fingerprint density at radius 3 is 1.81 bits per heavy atom. The third-order valence-electron chi connectivity index (χ3n) is 2.86. The smallest absolute Gasteiger partial charge is 0.330 e. The summed E-state index contributed by atoms with van der Waals surface area (Å²) in [5.74, 6) is -1.49. The van der Waals surface area contributed by atoms with E-state index in [4.69, 9.17) is 10.2 Å². The molecule has 116 valence electrons. The van der Waals surface area contributed by atoms with E-state index in [1.165, 1.54) is 12.5 Å². The predicted molar refractivity (Wildman–Crippen MR) is 83.5 cm³/mol. The standard InChI is InChI=1S/C13H18O2.C4H6O2/c1-9(2)8-11-4-6-12(7-5-11)10(3)13(14)15;1-3(2)4(5)6/h4-7,9-10H,8H2,1-3H3,(H,14,15);1H2,2H3,(H,5,6). The first kappa shape index (κ1) is 18.9. The lowest BCUT2D eigenvalue weighted by atomic mass is 9.97. The molecule has 0 spiro atoms. The van der Waals surface area contributed by atoms with Crippen molar-refractivity contribution < 1.29 is 19.8 Å². The first-order valence-corrected chi connectivity index (χ1v) is 6.85. The third kappa shape index (κ3) is 7.92. The highest BCUT2D eigenvalue weighted by molar-refractivity contribution is 5.84. The van der Waals surface area contributed by atoms with Gasteiger partial charge in [0.15, 0.2) is 0 Å². The van der Waals surface area contributed by atoms with Crippen molar-refractivity contribution in [3.05, 3.63) is 47.5 Å². The Balaban J connectivity index is 0.000000567. The monoisotopic (exact) mass is 292 g/mol. The lowest BCUT2D eigenvalue weighted by Gasteiger charge is -2.09. The second-order valence-corrected chi connectivity index (χ2v) is 5.48. The summed E-state index contributed by atoms with van der Waals surface area (Å²) in [6.07, 6.45) is 1.04. The molecule has 0 bridgehead atoms. The fraction of sp³-hybridized carbons (Fsp3) is 0.412. The van der Waals surface area contributed by atoms with Crippen LogP contribution in [0.4, 0.5) is 0 Å². The SMILES string of the molecule is C=C(C)C(=O)O.CC(C)Cc1ccc(C(C)C(=O)O)cc1. The molecule has 1 rings (SSSR count). The zero-order valence-electron chi connectivity index (χ0n) is 13.1. The van der Waals surface area contributed by atoms with Crippen LogP contribution in [0.15, 0.2) is 36.4 Å². The summed E-state index contributed by atoms with van der Waals surface area (Å²) in [6, 6.07) is 7.87. The van der Waals surface area contributed by atoms with Gasteiger partial charge in [0, 0.05) is 5.57 Å². The maximum atomic E-state index is 10.8. The van der Waals surface area contributed by atoms with Crippen molar-refractivity contribution in [3.63, 3.8) is 0 Å². The van der Waals surface area contributed by atoms with Crippen molar-refractivity contribution in [1.29, 1.82) is 0 Å². The van der Waals surface area contributed by atoms with Crippen LogP contribution in [0.5, 0.6) is 0 Å². The van der Waals surface area contributed by atoms with E-state index >= 15 is 0 Å². The van der Waals surface area contributed by atoms with Crippen LogP contribution in [0.3, 0.4) is 0 Å². The van der Waals surface area contributed by atoms with Crippen LogP contribution >= 0.6 is 0 Å². The molecule has 0 aliphatic rings. The largest absolute Gasteiger partial charge is 0.481 e. The van der Waals surface area contributed by atoms with E-state index in [2.05, 4.69) is 20.4 Å². The lowest BCUT2D eigenvalue weighted by molar-refractivity contribution is -0.138. The van der Waals surface area contributed by atoms with Gasteiger partial charge in [-0.3, -0.25) is 4.79 Å². The molecule has 1 aromatic carbocycles. The summed E-state index contributed by atoms with van der Waals surface area (Å²) in [6.45, 7) is 10.7. The van der Waals surface area contributed by atoms with Crippen LogP contribution in [0.1, 0.15) is 44.7 Å². The number of carboxylic acids is 2. The van der Waals surface area contributed by atoms with Gasteiger partial charge in [-0.25, -0.2) is 4.79 Å². The molecular weight excluding hydrogens is 268 g/mol. The van der Waals surface area contributed by atoms with Gasteiger partial charge < -0.3 is 10.2 Å². The van der Waals surface area contributed by atoms with Crippen LogP contribution in [-0.2, 0) is 16.0 Å². The fourth-order valence-corrected chi connectivity index (χ4v) is 1.56. The van der Waals surface area contributed by atoms with Crippen LogP contribution in [0.2, 0.25) is 0 Å². The molecule has 1 unspecified atom stereocenters. The summed E-state index contributed by atoms with van der Waals surface area (Å²) in [4.78, 5) is 20.4. The predicted octanol–water partition coefficient (Wildman–Crippen LogP) is 3.72. The Kier molecular flexibility index (Phi) is 8.06. The highest BCUT2D eigenvalue weighted by Gasteiger charge is 2.12. The topological polar surface area (TPSA) is 74.6 Å². The number of hydrogen-bond acceptors (Lipinski definition) is 2. The van der Waals surface area contributed by atoms with E-state index in [1.807, 2.05) is 24.3 Å². The van der Waals surface area contributed by atoms with Crippen molar-refractivity contribution >= 4 is 11.9 Å². The minimum Gasteiger partial charge on any atom is -0.481 e. The number of aliphatic carboxylic acids is 2. The van der Waals surface area contributed by atoms with Crippen molar-refractivity contribution in [2.45, 2.75) is 40.0 Å². The maximum absolute atomic E-state index is 10.8. The molecule has 0 saturated heterocycles. The van der Waals surface area contributed by atoms with Gasteiger partial charge in [0.05, 0.1) is 5.92 Å². The summed E-state index contributed by atoms with van der Waals surface area (Å²) in [5.41, 5.74) is 2.32. The van der Waals surface area contributed by atoms with Crippen molar-refractivity contribution in [2.75, 3.05) is 0 Å². The zero-order chi connectivity index (χ0) is 16.6. The minimum absolute atomic E-state index is 0.176. The van der Waals surface area contributed by atoms with E-state index < -0.39 is 17.9 Å². The molecule has 0 aliphatic carbocycles. The van der Waals surface area contributed by atoms with Gasteiger partial charge in [-0.2, -0.15) is 0 Å². The summed E-state index contributed by atoms with van der Waals surface area (Å²) in [5, 5.41) is 16.7. The Morgan fingerprint density at radius 1 is 1.10 bits per heavy atom. The average Bonchev–Trinajstić information content (AvgIpc) is 2.38. The Bertz CT molecular complexity index is 474. The van der Waals surface area contributed by atoms with Crippen LogP contribution < -0.4 is 0 Å². The normalized spacial score (nSPS) is 11.3. The van der Waals surface area contributed by atoms with Gasteiger partial charge in [0.1, 0.15) is 0 Å². The first-order valence-electron chi connectivity index (χ1n) is 6.85. The molecule has 1 aromatic rings. The van der Waals surface area contributed by atoms with E-state index in [9.17, 15) is 9.59 Å². The van der Waals surface area contributed by atoms with Gasteiger partial charge in [-0.05, 0) is 37.3 Å². The Morgan fingerprint density at radius 2 is 1.52 bits per heavy atom. The molecular formula is C17H24O4. The average molecular weight is 292 g/mol. The number of rotatable bonds is 5. The molecule has 0 aliphatic heterocycles. The van der Waals surface area contributed by atoms with Gasteiger partial charge in [0.25, 0.3) is 0 Å². The number of hydrogen-bond donors (Lipinski definition) is 2. The highest BCUT2D eigenvalue weighted by atomic mass is 16.4. The Hall–Kier alpha value is -2.10.